The molecule has 0 radical (unpaired) electrons. The van der Waals surface area contributed by atoms with Crippen molar-refractivity contribution in [3.05, 3.63) is 41.5 Å². The number of nitrogens with one attached hydrogen (secondary N) is 2. The smallest absolute Gasteiger partial charge is 0.162 e. The number of benzene rings is 1. The Kier molecular flexibility index (Phi) is 2.98. The summed E-state index contributed by atoms with van der Waals surface area (Å²) in [5.74, 6) is 0.705. The highest BCUT2D eigenvalue weighted by Crippen LogP contribution is 2.23. The van der Waals surface area contributed by atoms with Crippen LogP contribution in [-0.2, 0) is 6.54 Å². The average Bonchev–Trinajstić information content (AvgIpc) is 2.92. The lowest BCUT2D eigenvalue weighted by Crippen LogP contribution is -2.08. The van der Waals surface area contributed by atoms with E-state index in [9.17, 15) is 0 Å². The number of H-pyrrole nitrogens is 1. The number of nitrogens with zero attached hydrogens (tertiary/aromatic N) is 3. The second-order valence-electron chi connectivity index (χ2n) is 4.77. The maximum absolute atomic E-state index is 6.15. The van der Waals surface area contributed by atoms with Crippen LogP contribution in [0, 0.1) is 13.8 Å². The van der Waals surface area contributed by atoms with Crippen molar-refractivity contribution in [1.82, 2.24) is 19.9 Å². The number of rotatable bonds is 3. The van der Waals surface area contributed by atoms with E-state index >= 15 is 0 Å². The molecule has 2 heterocycles. The Balaban J connectivity index is 1.90. The summed E-state index contributed by atoms with van der Waals surface area (Å²) in [7, 11) is 0. The van der Waals surface area contributed by atoms with Crippen LogP contribution >= 0.6 is 0 Å². The summed E-state index contributed by atoms with van der Waals surface area (Å²) < 4.78 is 0. The summed E-state index contributed by atoms with van der Waals surface area (Å²) in [6.45, 7) is 4.67. The van der Waals surface area contributed by atoms with Gasteiger partial charge in [0.05, 0.1) is 6.33 Å². The molecule has 20 heavy (non-hydrogen) atoms. The molecule has 4 N–H and O–H groups in total. The average molecular weight is 268 g/mol. The molecule has 0 saturated carbocycles. The number of hydrogen-bond acceptors (Lipinski definition) is 5. The molecule has 0 fully saturated rings. The summed E-state index contributed by atoms with van der Waals surface area (Å²) in [6.07, 6.45) is 3.12. The molecule has 0 amide bonds. The van der Waals surface area contributed by atoms with Crippen molar-refractivity contribution in [2.24, 2.45) is 0 Å². The molecule has 3 rings (SSSR count). The predicted octanol–water partition coefficient (Wildman–Crippen LogP) is 2.16. The number of nitrogens with two attached hydrogens (primary N) is 1. The van der Waals surface area contributed by atoms with Crippen LogP contribution in [0.25, 0.3) is 11.2 Å². The van der Waals surface area contributed by atoms with Gasteiger partial charge in [0.2, 0.25) is 0 Å². The molecule has 3 aromatic rings. The van der Waals surface area contributed by atoms with Crippen LogP contribution in [0.1, 0.15) is 16.7 Å². The lowest BCUT2D eigenvalue weighted by atomic mass is 10.0. The molecule has 0 aliphatic heterocycles. The Hall–Kier alpha value is -2.63. The van der Waals surface area contributed by atoms with Crippen LogP contribution in [0.5, 0.6) is 0 Å². The topological polar surface area (TPSA) is 92.5 Å². The van der Waals surface area contributed by atoms with Crippen molar-refractivity contribution < 1.29 is 0 Å². The predicted molar refractivity (Wildman–Crippen MR) is 79.3 cm³/mol. The van der Waals surface area contributed by atoms with E-state index in [1.165, 1.54) is 6.33 Å². The zero-order chi connectivity index (χ0) is 14.1. The maximum Gasteiger partial charge on any atom is 0.162 e. The maximum atomic E-state index is 6.15. The largest absolute Gasteiger partial charge is 0.398 e. The number of aromatic nitrogens is 4. The third kappa shape index (κ3) is 2.05. The van der Waals surface area contributed by atoms with Crippen LogP contribution in [0.2, 0.25) is 0 Å². The Labute approximate surface area is 116 Å². The van der Waals surface area contributed by atoms with Gasteiger partial charge in [0, 0.05) is 12.2 Å². The monoisotopic (exact) mass is 268 g/mol. The van der Waals surface area contributed by atoms with E-state index in [1.807, 2.05) is 13.0 Å². The van der Waals surface area contributed by atoms with E-state index < -0.39 is 0 Å². The van der Waals surface area contributed by atoms with Gasteiger partial charge in [0.15, 0.2) is 11.5 Å². The van der Waals surface area contributed by atoms with Crippen molar-refractivity contribution in [2.75, 3.05) is 11.1 Å². The lowest BCUT2D eigenvalue weighted by molar-refractivity contribution is 1.08. The molecule has 0 aliphatic rings. The lowest BCUT2D eigenvalue weighted by Gasteiger charge is -2.13. The summed E-state index contributed by atoms with van der Waals surface area (Å²) in [4.78, 5) is 15.5. The highest BCUT2D eigenvalue weighted by atomic mass is 15.1. The fraction of sp³-hybridized carbons (Fsp3) is 0.214. The van der Waals surface area contributed by atoms with E-state index in [-0.39, 0.29) is 0 Å². The quantitative estimate of drug-likeness (QED) is 0.633. The molecule has 6 nitrogen and oxygen atoms in total. The fourth-order valence-electron chi connectivity index (χ4n) is 2.19. The van der Waals surface area contributed by atoms with Crippen molar-refractivity contribution in [2.45, 2.75) is 20.4 Å². The summed E-state index contributed by atoms with van der Waals surface area (Å²) in [5, 5.41) is 3.29. The molecule has 0 unspecified atom stereocenters. The normalized spacial score (nSPS) is 10.9. The minimum absolute atomic E-state index is 0.609. The van der Waals surface area contributed by atoms with Gasteiger partial charge in [-0.15, -0.1) is 0 Å². The molecule has 102 valence electrons. The van der Waals surface area contributed by atoms with Gasteiger partial charge in [-0.05, 0) is 30.5 Å². The van der Waals surface area contributed by atoms with E-state index in [0.29, 0.717) is 12.4 Å². The van der Waals surface area contributed by atoms with Crippen molar-refractivity contribution in [3.63, 3.8) is 0 Å². The first-order chi connectivity index (χ1) is 9.66. The minimum atomic E-state index is 0.609. The number of imidazole rings is 1. The third-order valence-corrected chi connectivity index (χ3v) is 3.46. The van der Waals surface area contributed by atoms with E-state index in [0.717, 1.165) is 33.5 Å². The molecule has 0 atom stereocenters. The molecular formula is C14H16N6. The second kappa shape index (κ2) is 4.80. The molecule has 0 spiro atoms. The highest BCUT2D eigenvalue weighted by molar-refractivity contribution is 5.82. The molecule has 0 saturated heterocycles. The first-order valence-electron chi connectivity index (χ1n) is 6.39. The van der Waals surface area contributed by atoms with Gasteiger partial charge in [0.1, 0.15) is 11.8 Å². The van der Waals surface area contributed by atoms with Crippen LogP contribution in [-0.4, -0.2) is 19.9 Å². The van der Waals surface area contributed by atoms with Gasteiger partial charge in [-0.3, -0.25) is 0 Å². The van der Waals surface area contributed by atoms with E-state index in [2.05, 4.69) is 38.2 Å². The molecular weight excluding hydrogens is 252 g/mol. The number of anilines is 2. The van der Waals surface area contributed by atoms with Crippen molar-refractivity contribution in [1.29, 1.82) is 0 Å². The first-order valence-corrected chi connectivity index (χ1v) is 6.39. The molecule has 0 bridgehead atoms. The second-order valence-corrected chi connectivity index (χ2v) is 4.77. The fourth-order valence-corrected chi connectivity index (χ4v) is 2.19. The van der Waals surface area contributed by atoms with E-state index in [4.69, 9.17) is 5.73 Å². The van der Waals surface area contributed by atoms with E-state index in [1.54, 1.807) is 6.33 Å². The summed E-state index contributed by atoms with van der Waals surface area (Å²) in [6, 6.07) is 4.11. The molecule has 0 aliphatic carbocycles. The Morgan fingerprint density at radius 1 is 1.15 bits per heavy atom. The van der Waals surface area contributed by atoms with Crippen LogP contribution < -0.4 is 11.1 Å². The third-order valence-electron chi connectivity index (χ3n) is 3.46. The number of hydrogen-bond donors (Lipinski definition) is 3. The highest BCUT2D eigenvalue weighted by Gasteiger charge is 2.09. The Bertz CT molecular complexity index is 761. The summed E-state index contributed by atoms with van der Waals surface area (Å²) >= 11 is 0. The number of nitrogen functional groups attached to an aromatic ring is 1. The Morgan fingerprint density at radius 3 is 2.80 bits per heavy atom. The van der Waals surface area contributed by atoms with Crippen LogP contribution in [0.3, 0.4) is 0 Å². The van der Waals surface area contributed by atoms with Crippen LogP contribution in [0.4, 0.5) is 11.5 Å². The van der Waals surface area contributed by atoms with Gasteiger partial charge in [-0.25, -0.2) is 15.0 Å². The van der Waals surface area contributed by atoms with Gasteiger partial charge < -0.3 is 16.0 Å². The molecule has 2 aromatic heterocycles. The van der Waals surface area contributed by atoms with Crippen LogP contribution in [0.15, 0.2) is 24.8 Å². The van der Waals surface area contributed by atoms with Crippen molar-refractivity contribution >= 4 is 22.7 Å². The van der Waals surface area contributed by atoms with Crippen molar-refractivity contribution in [3.8, 4) is 0 Å². The number of aromatic amines is 1. The first kappa shape index (κ1) is 12.4. The molecule has 6 heteroatoms. The SMILES string of the molecule is Cc1ccc(C)c(CNc2ncnc3[nH]cnc23)c1N. The van der Waals surface area contributed by atoms with Gasteiger partial charge in [-0.2, -0.15) is 0 Å². The van der Waals surface area contributed by atoms with Gasteiger partial charge >= 0.3 is 0 Å². The minimum Gasteiger partial charge on any atom is -0.398 e. The molecule has 1 aromatic carbocycles. The number of fused-ring (bicyclic) bond motifs is 1. The zero-order valence-corrected chi connectivity index (χ0v) is 11.4. The zero-order valence-electron chi connectivity index (χ0n) is 11.4. The standard InChI is InChI=1S/C14H16N6/c1-8-3-4-9(2)11(15)10(8)5-16-13-12-14(18-6-17-12)20-7-19-13/h3-4,6-7H,5,15H2,1-2H3,(H2,16,17,18,19,20). The number of aryl methyl sites for hydroxylation is 2. The summed E-state index contributed by atoms with van der Waals surface area (Å²) in [5.41, 5.74) is 11.8. The Morgan fingerprint density at radius 2 is 1.95 bits per heavy atom. The van der Waals surface area contributed by atoms with Gasteiger partial charge in [0.25, 0.3) is 0 Å². The van der Waals surface area contributed by atoms with Gasteiger partial charge in [-0.1, -0.05) is 12.1 Å².